The van der Waals surface area contributed by atoms with E-state index in [1.54, 1.807) is 48.5 Å². The Bertz CT molecular complexity index is 1550. The van der Waals surface area contributed by atoms with E-state index in [0.29, 0.717) is 22.3 Å². The molecule has 0 amide bonds. The van der Waals surface area contributed by atoms with Gasteiger partial charge in [-0.2, -0.15) is 10.5 Å². The molecule has 9 nitrogen and oxygen atoms in total. The highest BCUT2D eigenvalue weighted by molar-refractivity contribution is 5.71. The lowest BCUT2D eigenvalue weighted by atomic mass is 10.1. The summed E-state index contributed by atoms with van der Waals surface area (Å²) in [6.07, 6.45) is 0. The van der Waals surface area contributed by atoms with Crippen molar-refractivity contribution in [2.75, 3.05) is 0 Å². The van der Waals surface area contributed by atoms with Gasteiger partial charge in [0, 0.05) is 7.05 Å². The van der Waals surface area contributed by atoms with Crippen molar-refractivity contribution in [1.82, 2.24) is 18.7 Å². The highest BCUT2D eigenvalue weighted by Crippen LogP contribution is 2.17. The van der Waals surface area contributed by atoms with Crippen LogP contribution >= 0.6 is 0 Å². The van der Waals surface area contributed by atoms with E-state index >= 15 is 0 Å². The van der Waals surface area contributed by atoms with E-state index in [1.165, 1.54) is 16.2 Å². The third-order valence-electron chi connectivity index (χ3n) is 5.39. The average molecular weight is 426 g/mol. The number of aryl methyl sites for hydroxylation is 1. The largest absolute Gasteiger partial charge is 0.388 e. The number of aliphatic hydroxyl groups is 1. The molecular formula is C23H18N6O3. The Morgan fingerprint density at radius 2 is 1.44 bits per heavy atom. The van der Waals surface area contributed by atoms with Crippen molar-refractivity contribution in [3.8, 4) is 12.1 Å². The van der Waals surface area contributed by atoms with Crippen molar-refractivity contribution < 1.29 is 5.11 Å². The fourth-order valence-electron chi connectivity index (χ4n) is 3.72. The predicted octanol–water partition coefficient (Wildman–Crippen LogP) is 1.23. The minimum atomic E-state index is -0.586. The molecule has 0 aliphatic heterocycles. The molecule has 1 N–H and O–H groups in total. The van der Waals surface area contributed by atoms with Gasteiger partial charge in [0.1, 0.15) is 12.4 Å². The summed E-state index contributed by atoms with van der Waals surface area (Å²) in [4.78, 5) is 30.7. The van der Waals surface area contributed by atoms with Crippen LogP contribution < -0.4 is 11.2 Å². The summed E-state index contributed by atoms with van der Waals surface area (Å²) < 4.78 is 3.82. The molecule has 2 aromatic heterocycles. The zero-order chi connectivity index (χ0) is 22.8. The van der Waals surface area contributed by atoms with E-state index in [-0.39, 0.29) is 30.1 Å². The topological polar surface area (TPSA) is 130 Å². The zero-order valence-corrected chi connectivity index (χ0v) is 17.2. The highest BCUT2D eigenvalue weighted by Gasteiger charge is 2.21. The Kier molecular flexibility index (Phi) is 5.42. The molecule has 2 heterocycles. The summed E-state index contributed by atoms with van der Waals surface area (Å²) in [7, 11) is 1.50. The maximum Gasteiger partial charge on any atom is 0.332 e. The number of hydrogen-bond acceptors (Lipinski definition) is 6. The van der Waals surface area contributed by atoms with Gasteiger partial charge in [-0.25, -0.2) is 9.78 Å². The first-order valence-electron chi connectivity index (χ1n) is 9.76. The third kappa shape index (κ3) is 3.37. The minimum Gasteiger partial charge on any atom is -0.388 e. The van der Waals surface area contributed by atoms with Crippen molar-refractivity contribution in [3.05, 3.63) is 97.4 Å². The number of aliphatic hydroxyl groups excluding tert-OH is 1. The van der Waals surface area contributed by atoms with E-state index in [0.717, 1.165) is 4.57 Å². The van der Waals surface area contributed by atoms with Gasteiger partial charge >= 0.3 is 5.69 Å². The fourth-order valence-corrected chi connectivity index (χ4v) is 3.72. The molecular weight excluding hydrogens is 408 g/mol. The zero-order valence-electron chi connectivity index (χ0n) is 17.2. The van der Waals surface area contributed by atoms with Gasteiger partial charge in [0.25, 0.3) is 5.56 Å². The molecule has 0 saturated carbocycles. The molecule has 9 heteroatoms. The molecule has 4 rings (SSSR count). The first kappa shape index (κ1) is 20.8. The van der Waals surface area contributed by atoms with Gasteiger partial charge in [0.15, 0.2) is 11.2 Å². The molecule has 0 saturated heterocycles. The number of nitriles is 2. The lowest BCUT2D eigenvalue weighted by Crippen LogP contribution is -2.40. The van der Waals surface area contributed by atoms with Crippen LogP contribution in [0.4, 0.5) is 0 Å². The Labute approximate surface area is 182 Å². The Hall–Kier alpha value is -4.47. The first-order chi connectivity index (χ1) is 15.5. The number of aromatic nitrogens is 4. The summed E-state index contributed by atoms with van der Waals surface area (Å²) in [6, 6.07) is 17.9. The van der Waals surface area contributed by atoms with Crippen molar-refractivity contribution in [1.29, 1.82) is 10.5 Å². The van der Waals surface area contributed by atoms with E-state index in [4.69, 9.17) is 0 Å². The number of hydrogen-bond donors (Lipinski definition) is 1. The number of benzene rings is 2. The normalized spacial score (nSPS) is 10.8. The predicted molar refractivity (Wildman–Crippen MR) is 116 cm³/mol. The van der Waals surface area contributed by atoms with Gasteiger partial charge in [-0.05, 0) is 23.3 Å². The van der Waals surface area contributed by atoms with Crippen molar-refractivity contribution in [2.24, 2.45) is 7.05 Å². The van der Waals surface area contributed by atoms with Crippen LogP contribution in [0, 0.1) is 22.7 Å². The molecule has 0 aliphatic carbocycles. The number of rotatable bonds is 5. The summed E-state index contributed by atoms with van der Waals surface area (Å²) in [5, 5.41) is 28.7. The van der Waals surface area contributed by atoms with Crippen LogP contribution in [0.3, 0.4) is 0 Å². The molecule has 0 aliphatic rings. The van der Waals surface area contributed by atoms with Crippen LogP contribution in [0.25, 0.3) is 11.2 Å². The van der Waals surface area contributed by atoms with Crippen LogP contribution in [0.5, 0.6) is 0 Å². The summed E-state index contributed by atoms with van der Waals surface area (Å²) in [5.41, 5.74) is 1.11. The van der Waals surface area contributed by atoms with Gasteiger partial charge in [0.2, 0.25) is 0 Å². The van der Waals surface area contributed by atoms with Crippen LogP contribution in [0.15, 0.2) is 58.1 Å². The standard InChI is InChI=1S/C23H18N6O3/c1-27-21-20(22(31)29(23(27)32)13-18-9-5-3-7-16(18)11-25)28(19(14-30)26-21)12-17-8-4-2-6-15(17)10-24/h2-9,30H,12-14H2,1H3. The maximum atomic E-state index is 13.5. The molecule has 0 atom stereocenters. The second-order valence-corrected chi connectivity index (χ2v) is 7.22. The van der Waals surface area contributed by atoms with Gasteiger partial charge in [-0.1, -0.05) is 36.4 Å². The molecule has 0 unspecified atom stereocenters. The van der Waals surface area contributed by atoms with Gasteiger partial charge in [0.05, 0.1) is 36.4 Å². The van der Waals surface area contributed by atoms with Crippen molar-refractivity contribution in [2.45, 2.75) is 19.7 Å². The molecule has 0 spiro atoms. The second kappa shape index (κ2) is 8.34. The van der Waals surface area contributed by atoms with Crippen molar-refractivity contribution >= 4 is 11.2 Å². The van der Waals surface area contributed by atoms with E-state index in [9.17, 15) is 25.2 Å². The summed E-state index contributed by atoms with van der Waals surface area (Å²) in [6.45, 7) is -0.410. The quantitative estimate of drug-likeness (QED) is 0.511. The Morgan fingerprint density at radius 3 is 1.97 bits per heavy atom. The van der Waals surface area contributed by atoms with Crippen LogP contribution in [0.1, 0.15) is 28.1 Å². The highest BCUT2D eigenvalue weighted by atomic mass is 16.3. The average Bonchev–Trinajstić information content (AvgIpc) is 3.19. The maximum absolute atomic E-state index is 13.5. The monoisotopic (exact) mass is 426 g/mol. The fraction of sp³-hybridized carbons (Fsp3) is 0.174. The molecule has 2 aromatic carbocycles. The SMILES string of the molecule is Cn1c(=O)n(Cc2ccccc2C#N)c(=O)c2c1nc(CO)n2Cc1ccccc1C#N. The van der Waals surface area contributed by atoms with E-state index < -0.39 is 17.9 Å². The molecule has 32 heavy (non-hydrogen) atoms. The molecule has 0 fully saturated rings. The lowest BCUT2D eigenvalue weighted by molar-refractivity contribution is 0.267. The number of fused-ring (bicyclic) bond motifs is 1. The first-order valence-corrected chi connectivity index (χ1v) is 9.76. The van der Waals surface area contributed by atoms with Crippen LogP contribution in [-0.4, -0.2) is 23.8 Å². The molecule has 4 aromatic rings. The Morgan fingerprint density at radius 1 is 0.906 bits per heavy atom. The Balaban J connectivity index is 1.97. The molecule has 0 bridgehead atoms. The molecule has 158 valence electrons. The number of nitrogens with zero attached hydrogens (tertiary/aromatic N) is 6. The van der Waals surface area contributed by atoms with E-state index in [2.05, 4.69) is 17.1 Å². The lowest BCUT2D eigenvalue weighted by Gasteiger charge is -2.12. The number of imidazole rings is 1. The third-order valence-corrected chi connectivity index (χ3v) is 5.39. The van der Waals surface area contributed by atoms with Crippen LogP contribution in [0.2, 0.25) is 0 Å². The summed E-state index contributed by atoms with van der Waals surface area (Å²) >= 11 is 0. The van der Waals surface area contributed by atoms with Gasteiger partial charge < -0.3 is 9.67 Å². The van der Waals surface area contributed by atoms with Gasteiger partial charge in [-0.15, -0.1) is 0 Å². The van der Waals surface area contributed by atoms with Crippen LogP contribution in [-0.2, 0) is 26.7 Å². The minimum absolute atomic E-state index is 0.0837. The van der Waals surface area contributed by atoms with E-state index in [1.807, 2.05) is 0 Å². The smallest absolute Gasteiger partial charge is 0.332 e. The second-order valence-electron chi connectivity index (χ2n) is 7.22. The van der Waals surface area contributed by atoms with Crippen molar-refractivity contribution in [3.63, 3.8) is 0 Å². The molecule has 0 radical (unpaired) electrons. The van der Waals surface area contributed by atoms with Gasteiger partial charge in [-0.3, -0.25) is 13.9 Å². The summed E-state index contributed by atoms with van der Waals surface area (Å²) in [5.74, 6) is 0.204.